The van der Waals surface area contributed by atoms with Gasteiger partial charge in [0.15, 0.2) is 0 Å². The van der Waals surface area contributed by atoms with E-state index in [9.17, 15) is 4.79 Å². The molecule has 6 nitrogen and oxygen atoms in total. The Labute approximate surface area is 152 Å². The van der Waals surface area contributed by atoms with Crippen LogP contribution in [0.4, 0.5) is 0 Å². The molecule has 0 spiro atoms. The number of nitrogens with one attached hydrogen (secondary N) is 1. The summed E-state index contributed by atoms with van der Waals surface area (Å²) in [6.07, 6.45) is 4.47. The smallest absolute Gasteiger partial charge is 0.241 e. The first-order valence-corrected chi connectivity index (χ1v) is 9.06. The first-order valence-electron chi connectivity index (χ1n) is 8.69. The molecule has 2 aromatic rings. The highest BCUT2D eigenvalue weighted by atomic mass is 35.5. The standard InChI is InChI=1S/C18H23ClN4O2/c1-13(24)20-9-8-16-7-2-3-10-23(16)12-17-21-18(22-25-17)14-5-4-6-15(19)11-14/h4-6,11,16H,2-3,7-10,12H2,1H3,(H,20,24)/t16-/m0/s1. The first kappa shape index (κ1) is 17.9. The Morgan fingerprint density at radius 1 is 1.44 bits per heavy atom. The molecule has 1 fully saturated rings. The number of hydrogen-bond donors (Lipinski definition) is 1. The third-order valence-corrected chi connectivity index (χ3v) is 4.72. The highest BCUT2D eigenvalue weighted by Gasteiger charge is 2.24. The quantitative estimate of drug-likeness (QED) is 0.853. The fraction of sp³-hybridized carbons (Fsp3) is 0.500. The fourth-order valence-corrected chi connectivity index (χ4v) is 3.44. The topological polar surface area (TPSA) is 71.3 Å². The maximum atomic E-state index is 11.1. The van der Waals surface area contributed by atoms with Gasteiger partial charge < -0.3 is 9.84 Å². The number of benzene rings is 1. The van der Waals surface area contributed by atoms with E-state index in [-0.39, 0.29) is 5.91 Å². The molecule has 1 N–H and O–H groups in total. The van der Waals surface area contributed by atoms with E-state index in [0.29, 0.717) is 35.9 Å². The molecule has 0 unspecified atom stereocenters. The molecule has 1 aromatic heterocycles. The Bertz CT molecular complexity index is 719. The number of aromatic nitrogens is 2. The number of amides is 1. The highest BCUT2D eigenvalue weighted by Crippen LogP contribution is 2.23. The summed E-state index contributed by atoms with van der Waals surface area (Å²) in [7, 11) is 0. The Hall–Kier alpha value is -1.92. The molecule has 3 rings (SSSR count). The van der Waals surface area contributed by atoms with Crippen LogP contribution in [-0.4, -0.2) is 40.1 Å². The van der Waals surface area contributed by atoms with Crippen LogP contribution < -0.4 is 5.32 Å². The van der Waals surface area contributed by atoms with Crippen molar-refractivity contribution in [3.63, 3.8) is 0 Å². The average molecular weight is 363 g/mol. The average Bonchev–Trinajstić information content (AvgIpc) is 3.05. The van der Waals surface area contributed by atoms with Gasteiger partial charge in [0, 0.05) is 30.1 Å². The molecule has 0 saturated carbocycles. The van der Waals surface area contributed by atoms with Gasteiger partial charge in [-0.25, -0.2) is 0 Å². The van der Waals surface area contributed by atoms with Gasteiger partial charge in [0.05, 0.1) is 6.54 Å². The van der Waals surface area contributed by atoms with Crippen molar-refractivity contribution in [2.75, 3.05) is 13.1 Å². The molecule has 7 heteroatoms. The number of likely N-dealkylation sites (tertiary alicyclic amines) is 1. The molecule has 0 bridgehead atoms. The second-order valence-corrected chi connectivity index (χ2v) is 6.85. The van der Waals surface area contributed by atoms with E-state index in [1.807, 2.05) is 24.3 Å². The van der Waals surface area contributed by atoms with Crippen molar-refractivity contribution in [2.24, 2.45) is 0 Å². The number of nitrogens with zero attached hydrogens (tertiary/aromatic N) is 3. The number of carbonyl (C=O) groups is 1. The third kappa shape index (κ3) is 5.03. The van der Waals surface area contributed by atoms with E-state index in [2.05, 4.69) is 20.4 Å². The van der Waals surface area contributed by atoms with Crippen LogP contribution in [0.15, 0.2) is 28.8 Å². The zero-order chi connectivity index (χ0) is 17.6. The van der Waals surface area contributed by atoms with E-state index in [4.69, 9.17) is 16.1 Å². The summed E-state index contributed by atoms with van der Waals surface area (Å²) in [5, 5.41) is 7.60. The van der Waals surface area contributed by atoms with Gasteiger partial charge >= 0.3 is 0 Å². The van der Waals surface area contributed by atoms with Crippen molar-refractivity contribution in [1.29, 1.82) is 0 Å². The Morgan fingerprint density at radius 3 is 3.12 bits per heavy atom. The van der Waals surface area contributed by atoms with Crippen LogP contribution in [0, 0.1) is 0 Å². The SMILES string of the molecule is CC(=O)NCC[C@@H]1CCCCN1Cc1nc(-c2cccc(Cl)c2)no1. The minimum absolute atomic E-state index is 0.0189. The van der Waals surface area contributed by atoms with Crippen molar-refractivity contribution in [3.05, 3.63) is 35.2 Å². The van der Waals surface area contributed by atoms with E-state index in [0.717, 1.165) is 24.9 Å². The van der Waals surface area contributed by atoms with E-state index < -0.39 is 0 Å². The van der Waals surface area contributed by atoms with E-state index in [1.54, 1.807) is 6.92 Å². The molecule has 1 aromatic carbocycles. The van der Waals surface area contributed by atoms with Crippen LogP contribution in [0.5, 0.6) is 0 Å². The van der Waals surface area contributed by atoms with Crippen LogP contribution >= 0.6 is 11.6 Å². The number of rotatable bonds is 6. The van der Waals surface area contributed by atoms with Gasteiger partial charge in [-0.1, -0.05) is 35.3 Å². The van der Waals surface area contributed by atoms with Gasteiger partial charge in [-0.05, 0) is 37.9 Å². The van der Waals surface area contributed by atoms with Crippen LogP contribution in [0.25, 0.3) is 11.4 Å². The highest BCUT2D eigenvalue weighted by molar-refractivity contribution is 6.30. The summed E-state index contributed by atoms with van der Waals surface area (Å²) in [6.45, 7) is 3.90. The lowest BCUT2D eigenvalue weighted by molar-refractivity contribution is -0.119. The van der Waals surface area contributed by atoms with Gasteiger partial charge in [-0.2, -0.15) is 4.98 Å². The molecule has 1 saturated heterocycles. The van der Waals surface area contributed by atoms with Crippen molar-refractivity contribution in [2.45, 2.75) is 45.2 Å². The Balaban J connectivity index is 1.63. The monoisotopic (exact) mass is 362 g/mol. The van der Waals surface area contributed by atoms with Gasteiger partial charge in [-0.15, -0.1) is 0 Å². The molecule has 0 aliphatic carbocycles. The molecular formula is C18H23ClN4O2. The minimum Gasteiger partial charge on any atom is -0.356 e. The summed E-state index contributed by atoms with van der Waals surface area (Å²) in [6, 6.07) is 7.86. The Kier molecular flexibility index (Phi) is 6.04. The molecule has 1 amide bonds. The fourth-order valence-electron chi connectivity index (χ4n) is 3.25. The van der Waals surface area contributed by atoms with E-state index >= 15 is 0 Å². The maximum absolute atomic E-state index is 11.1. The minimum atomic E-state index is 0.0189. The van der Waals surface area contributed by atoms with Crippen LogP contribution in [0.3, 0.4) is 0 Å². The summed E-state index contributed by atoms with van der Waals surface area (Å²) in [5.74, 6) is 1.19. The zero-order valence-corrected chi connectivity index (χ0v) is 15.1. The van der Waals surface area contributed by atoms with Gasteiger partial charge in [0.25, 0.3) is 0 Å². The van der Waals surface area contributed by atoms with Crippen molar-refractivity contribution in [1.82, 2.24) is 20.4 Å². The lowest BCUT2D eigenvalue weighted by Gasteiger charge is -2.34. The zero-order valence-electron chi connectivity index (χ0n) is 14.4. The van der Waals surface area contributed by atoms with Crippen LogP contribution in [0.1, 0.15) is 38.5 Å². The largest absolute Gasteiger partial charge is 0.356 e. The molecule has 134 valence electrons. The summed E-state index contributed by atoms with van der Waals surface area (Å²) in [4.78, 5) is 17.9. The summed E-state index contributed by atoms with van der Waals surface area (Å²) >= 11 is 6.02. The van der Waals surface area contributed by atoms with Crippen LogP contribution in [0.2, 0.25) is 5.02 Å². The molecule has 2 heterocycles. The lowest BCUT2D eigenvalue weighted by atomic mass is 9.99. The van der Waals surface area contributed by atoms with Gasteiger partial charge in [0.1, 0.15) is 0 Å². The summed E-state index contributed by atoms with van der Waals surface area (Å²) < 4.78 is 5.44. The second-order valence-electron chi connectivity index (χ2n) is 6.41. The van der Waals surface area contributed by atoms with Crippen molar-refractivity contribution in [3.8, 4) is 11.4 Å². The summed E-state index contributed by atoms with van der Waals surface area (Å²) in [5.41, 5.74) is 0.850. The number of carbonyl (C=O) groups excluding carboxylic acids is 1. The third-order valence-electron chi connectivity index (χ3n) is 4.49. The Morgan fingerprint density at radius 2 is 2.32 bits per heavy atom. The molecule has 1 aliphatic heterocycles. The van der Waals surface area contributed by atoms with Crippen LogP contribution in [-0.2, 0) is 11.3 Å². The molecule has 1 atom stereocenters. The predicted octanol–water partition coefficient (Wildman–Crippen LogP) is 3.27. The molecular weight excluding hydrogens is 340 g/mol. The maximum Gasteiger partial charge on any atom is 0.241 e. The normalized spacial score (nSPS) is 18.2. The molecule has 25 heavy (non-hydrogen) atoms. The molecule has 1 aliphatic rings. The number of piperidine rings is 1. The number of hydrogen-bond acceptors (Lipinski definition) is 5. The second kappa shape index (κ2) is 8.45. The predicted molar refractivity (Wildman–Crippen MR) is 96.1 cm³/mol. The van der Waals surface area contributed by atoms with Crippen molar-refractivity contribution < 1.29 is 9.32 Å². The molecule has 0 radical (unpaired) electrons. The van der Waals surface area contributed by atoms with E-state index in [1.165, 1.54) is 12.8 Å². The van der Waals surface area contributed by atoms with Gasteiger partial charge in [-0.3, -0.25) is 9.69 Å². The van der Waals surface area contributed by atoms with Crippen molar-refractivity contribution >= 4 is 17.5 Å². The first-order chi connectivity index (χ1) is 12.1. The lowest BCUT2D eigenvalue weighted by Crippen LogP contribution is -2.41. The number of halogens is 1. The van der Waals surface area contributed by atoms with Gasteiger partial charge in [0.2, 0.25) is 17.6 Å².